The molecule has 0 saturated heterocycles. The summed E-state index contributed by atoms with van der Waals surface area (Å²) in [6.07, 6.45) is 5.33. The molecule has 0 bridgehead atoms. The highest BCUT2D eigenvalue weighted by Crippen LogP contribution is 2.50. The monoisotopic (exact) mass is 1280 g/mol. The minimum Gasteiger partial charge on any atom is -0.458 e. The molecule has 3 aromatic heterocycles. The summed E-state index contributed by atoms with van der Waals surface area (Å²) in [5.41, 5.74) is 1.16. The Morgan fingerprint density at radius 2 is 1.02 bits per heavy atom. The molecule has 0 saturated carbocycles. The molecule has 6 heteroatoms. The average Bonchev–Trinajstić information content (AvgIpc) is 0.792. The van der Waals surface area contributed by atoms with E-state index < -0.39 is 204 Å². The number of benzene rings is 13. The van der Waals surface area contributed by atoms with Crippen molar-refractivity contribution in [2.24, 2.45) is 0 Å². The van der Waals surface area contributed by atoms with Crippen LogP contribution in [0.2, 0.25) is 0 Å². The molecule has 4 heterocycles. The third kappa shape index (κ3) is 9.66. The summed E-state index contributed by atoms with van der Waals surface area (Å²) in [4.78, 5) is 4.88. The molecule has 0 N–H and O–H groups in total. The van der Waals surface area contributed by atoms with Gasteiger partial charge in [-0.1, -0.05) is 275 Å². The van der Waals surface area contributed by atoms with Crippen LogP contribution in [0.25, 0.3) is 117 Å². The van der Waals surface area contributed by atoms with Crippen molar-refractivity contribution in [2.45, 2.75) is 39.9 Å². The molecule has 0 aliphatic carbocycles. The third-order valence-electron chi connectivity index (χ3n) is 17.7. The zero-order valence-electron chi connectivity index (χ0n) is 81.4. The molecule has 5 nitrogen and oxygen atoms in total. The number of pyridine rings is 1. The number of rotatable bonds is 11. The minimum atomic E-state index is -6.48. The van der Waals surface area contributed by atoms with Crippen LogP contribution in [0.4, 0.5) is 0 Å². The standard InChI is InChI=1S/C90H68N4OSi/c1-60-27-22-28-61(2)86(60)79-46-26-47-80-87-73(62-29-10-6-11-30-62)44-25-45-78(87)74-41-18-19-42-75(74)81-54-64(63-31-23-40-72(53-63)96(69-34-12-7-13-35-69,70-36-14-8-15-37-70)71-38-16-9-17-39-71)55-84-89(81)93(88(79)80)59-92(84)66-32-24-33-67(57-66)95-68-49-50-77-76-43-20-21-48-82(76)94(83(77)58-68)85-56-65(51-52-91-85)90(3,4)5/h6-58H,1-5H3/i1D3,2D3,6D,7D,8D,9D,10D,11D,12D,13D,14D,15D,16D,17D,23D,29D,30D,31D,34D,35D,36D,37D,38D,39D,40D,53D. The van der Waals surface area contributed by atoms with Crippen LogP contribution in [-0.4, -0.2) is 22.2 Å². The number of imidazole rings is 1. The molecule has 16 aromatic rings. The van der Waals surface area contributed by atoms with Crippen LogP contribution in [0.1, 0.15) is 78.6 Å². The van der Waals surface area contributed by atoms with Gasteiger partial charge in [0.2, 0.25) is 0 Å². The highest BCUT2D eigenvalue weighted by molar-refractivity contribution is 7.20. The van der Waals surface area contributed by atoms with E-state index >= 15 is 0 Å². The number of nitrogens with zero attached hydrogens (tertiary/aromatic N) is 4. The molecule has 13 aromatic carbocycles. The average molecular weight is 1280 g/mol. The summed E-state index contributed by atoms with van der Waals surface area (Å²) in [5, 5.41) is -2.49. The Bertz CT molecular complexity index is 7160. The van der Waals surface area contributed by atoms with Crippen LogP contribution < -0.4 is 30.1 Å². The number of ether oxygens (including phenoxy) is 1. The van der Waals surface area contributed by atoms with Gasteiger partial charge in [-0.15, -0.1) is 0 Å². The molecule has 0 spiro atoms. The van der Waals surface area contributed by atoms with E-state index in [9.17, 15) is 32.9 Å². The second kappa shape index (κ2) is 23.4. The Morgan fingerprint density at radius 3 is 1.72 bits per heavy atom. The lowest BCUT2D eigenvalue weighted by atomic mass is 9.83. The molecule has 17 rings (SSSR count). The molecular weight excluding hydrogens is 1180 g/mol. The number of fused-ring (bicyclic) bond motifs is 10. The Hall–Kier alpha value is -11.7. The number of aromatic nitrogens is 4. The summed E-state index contributed by atoms with van der Waals surface area (Å²) >= 11 is 0. The number of aryl methyl sites for hydroxylation is 2. The first kappa shape index (κ1) is 34.5. The number of hydrogen-bond acceptors (Lipinski definition) is 2. The van der Waals surface area contributed by atoms with Gasteiger partial charge in [0.25, 0.3) is 6.33 Å². The Balaban J connectivity index is 1.06. The van der Waals surface area contributed by atoms with Crippen molar-refractivity contribution < 1.29 is 50.4 Å². The molecule has 0 radical (unpaired) electrons. The van der Waals surface area contributed by atoms with Gasteiger partial charge >= 0.3 is 0 Å². The van der Waals surface area contributed by atoms with E-state index in [0.717, 1.165) is 27.4 Å². The summed E-state index contributed by atoms with van der Waals surface area (Å²) in [7, 11) is -6.48. The Kier molecular flexibility index (Phi) is 8.39. The molecule has 0 amide bonds. The van der Waals surface area contributed by atoms with Gasteiger partial charge in [-0.3, -0.25) is 13.7 Å². The molecule has 0 atom stereocenters. The topological polar surface area (TPSA) is 35.9 Å². The highest BCUT2D eigenvalue weighted by Gasteiger charge is 2.42. The van der Waals surface area contributed by atoms with Crippen LogP contribution in [0, 0.1) is 20.0 Å². The van der Waals surface area contributed by atoms with Crippen molar-refractivity contribution in [1.82, 2.24) is 14.1 Å². The van der Waals surface area contributed by atoms with Crippen molar-refractivity contribution in [3.8, 4) is 95.5 Å². The van der Waals surface area contributed by atoms with E-state index in [1.165, 1.54) is 45.5 Å². The molecule has 458 valence electrons. The molecule has 96 heavy (non-hydrogen) atoms. The van der Waals surface area contributed by atoms with E-state index in [2.05, 4.69) is 27.1 Å². The minimum absolute atomic E-state index is 0.00437. The SMILES string of the molecule is [2H]c1c([2H])c([2H])c(-c2cccc3c2-c2cccc(-c4c(C([2H])([2H])[2H])cccc4C([2H])([2H])[2H])c2-[n+]2[c-]n(-c4cccc(Oc5ccc6c7ccccc7n(-c7cc(C(C)(C)C)ccn7)c6c5)c4)c4cc(-c5c([2H])c([2H])c([2H])c([Si](c6c([2H])c([2H])c([2H])c([2H])c6[2H])(c6c([2H])c([2H])c([2H])c([2H])c6[2H])c6c([2H])c([2H])c([2H])c([2H])c6[2H])c5[2H])cc(c42)-c2ccccc2-3)c([2H])c1[2H]. The normalized spacial score (nSPS) is 16.7. The Morgan fingerprint density at radius 1 is 0.448 bits per heavy atom. The Labute approximate surface area is 603 Å². The fraction of sp³-hybridized carbons (Fsp3) is 0.0667. The number of hydrogen-bond donors (Lipinski definition) is 0. The zero-order valence-corrected chi connectivity index (χ0v) is 52.4. The molecule has 1 aliphatic heterocycles. The molecular formula is C90H68N4OSi. The van der Waals surface area contributed by atoms with E-state index in [1.54, 1.807) is 91.1 Å². The maximum absolute atomic E-state index is 11.2. The second-order valence-electron chi connectivity index (χ2n) is 24.1. The van der Waals surface area contributed by atoms with Crippen LogP contribution in [0.5, 0.6) is 11.5 Å². The predicted molar refractivity (Wildman–Crippen MR) is 400 cm³/mol. The van der Waals surface area contributed by atoms with Crippen LogP contribution in [0.15, 0.2) is 321 Å². The van der Waals surface area contributed by atoms with Gasteiger partial charge in [0, 0.05) is 31.3 Å². The number of para-hydroxylation sites is 2. The first-order valence-corrected chi connectivity index (χ1v) is 32.7. The van der Waals surface area contributed by atoms with Crippen molar-refractivity contribution in [2.75, 3.05) is 0 Å². The van der Waals surface area contributed by atoms with Gasteiger partial charge < -0.3 is 4.74 Å². The van der Waals surface area contributed by atoms with Gasteiger partial charge in [0.1, 0.15) is 17.3 Å². The molecule has 1 aliphatic rings. The maximum atomic E-state index is 11.2. The fourth-order valence-electron chi connectivity index (χ4n) is 13.4. The largest absolute Gasteiger partial charge is 0.458 e. The van der Waals surface area contributed by atoms with Gasteiger partial charge in [-0.25, -0.2) is 4.98 Å². The van der Waals surface area contributed by atoms with E-state index in [1.807, 2.05) is 53.1 Å². The zero-order chi connectivity index (χ0) is 90.5. The molecule has 0 fully saturated rings. The predicted octanol–water partition coefficient (Wildman–Crippen LogP) is 19.6. The highest BCUT2D eigenvalue weighted by atomic mass is 28.3. The first-order valence-electron chi connectivity index (χ1n) is 45.7. The van der Waals surface area contributed by atoms with Gasteiger partial charge in [0.05, 0.1) is 66.3 Å². The van der Waals surface area contributed by atoms with Crippen LogP contribution >= 0.6 is 0 Å². The van der Waals surface area contributed by atoms with Gasteiger partial charge in [-0.2, -0.15) is 0 Å². The summed E-state index contributed by atoms with van der Waals surface area (Å²) in [6, 6.07) is 21.7. The van der Waals surface area contributed by atoms with E-state index in [0.29, 0.717) is 17.1 Å². The second-order valence-corrected chi connectivity index (χ2v) is 27.6. The fourth-order valence-corrected chi connectivity index (χ4v) is 17.0. The lowest BCUT2D eigenvalue weighted by Crippen LogP contribution is -2.74. The summed E-state index contributed by atoms with van der Waals surface area (Å²) < 4.78 is 298. The third-order valence-corrected chi connectivity index (χ3v) is 21.7. The van der Waals surface area contributed by atoms with E-state index in [-0.39, 0.29) is 89.2 Å². The molecule has 0 unspecified atom stereocenters. The van der Waals surface area contributed by atoms with Crippen molar-refractivity contribution in [3.05, 3.63) is 344 Å². The van der Waals surface area contributed by atoms with Crippen molar-refractivity contribution >= 4 is 61.7 Å². The smallest absolute Gasteiger partial charge is 0.269 e. The van der Waals surface area contributed by atoms with E-state index in [4.69, 9.17) is 17.9 Å². The maximum Gasteiger partial charge on any atom is 0.269 e. The van der Waals surface area contributed by atoms with Crippen LogP contribution in [-0.2, 0) is 5.41 Å². The van der Waals surface area contributed by atoms with Gasteiger partial charge in [-0.05, 0) is 178 Å². The van der Waals surface area contributed by atoms with Gasteiger partial charge in [0.15, 0.2) is 8.07 Å². The summed E-state index contributed by atoms with van der Waals surface area (Å²) in [6.45, 7) is 0.147. The lowest BCUT2D eigenvalue weighted by molar-refractivity contribution is -0.570. The first-order chi connectivity index (χ1) is 59.5. The summed E-state index contributed by atoms with van der Waals surface area (Å²) in [5.74, 6) is 1.15. The van der Waals surface area contributed by atoms with Crippen molar-refractivity contribution in [3.63, 3.8) is 0 Å². The van der Waals surface area contributed by atoms with Crippen LogP contribution in [0.3, 0.4) is 0 Å². The lowest BCUT2D eigenvalue weighted by Gasteiger charge is -2.34. The van der Waals surface area contributed by atoms with Crippen molar-refractivity contribution in [1.29, 1.82) is 0 Å². The quantitative estimate of drug-likeness (QED) is 0.0560.